The number of amides is 7. The van der Waals surface area contributed by atoms with Crippen LogP contribution in [0.5, 0.6) is 5.75 Å². The number of likely N-dealkylation sites (tertiary alicyclic amines) is 1. The molecule has 1 aromatic heterocycles. The van der Waals surface area contributed by atoms with E-state index in [1.165, 1.54) is 48.2 Å². The van der Waals surface area contributed by atoms with E-state index in [1.54, 1.807) is 26.0 Å². The number of nitrogens with two attached hydrogens (primary N) is 3. The molecule has 1 fully saturated rings. The van der Waals surface area contributed by atoms with Crippen molar-refractivity contribution < 1.29 is 48.6 Å². The van der Waals surface area contributed by atoms with E-state index in [-0.39, 0.29) is 75.0 Å². The standard InChI is InChI=1S/C46H73N13O10S/c1-7-18-70-23-35(41(64)55-33(21-29-22-50-24-52-29)44(67)59-17-9-11-36(59)42(65)56-34(45(68)69)19-25(2)3)57-40(63)32(20-28-12-14-30(60)15-13-28)54-43(66)37(26(4)5)58-39(62)31(53-38(61)27(6)47)10-8-16-51-46(48)49/h12-15,22,24-27,31-37,60H,7-11,16-21,23,47H2,1-6H3,(H,50,52)(H,53,61)(H,54,66)(H,55,64)(H,56,65)(H,57,63)(H,58,62)(H,68,69)(H4,48,49,51)/t27-,31+,32+,33+,34+,35+,36+,37+/m1/s1. The zero-order chi connectivity index (χ0) is 52.1. The van der Waals surface area contributed by atoms with Crippen LogP contribution in [0.2, 0.25) is 0 Å². The second-order valence-electron chi connectivity index (χ2n) is 18.2. The Kier molecular flexibility index (Phi) is 23.9. The summed E-state index contributed by atoms with van der Waals surface area (Å²) < 4.78 is 0. The number of carbonyl (C=O) groups is 8. The smallest absolute Gasteiger partial charge is 0.326 e. The molecule has 2 aromatic rings. The highest BCUT2D eigenvalue weighted by Gasteiger charge is 2.40. The lowest BCUT2D eigenvalue weighted by atomic mass is 9.99. The number of aromatic nitrogens is 2. The largest absolute Gasteiger partial charge is 0.508 e. The van der Waals surface area contributed by atoms with Gasteiger partial charge in [-0.15, -0.1) is 0 Å². The normalized spacial score (nSPS) is 16.4. The van der Waals surface area contributed by atoms with E-state index in [1.807, 2.05) is 20.8 Å². The number of hydrogen-bond donors (Lipinski definition) is 12. The predicted molar refractivity (Wildman–Crippen MR) is 264 cm³/mol. The Morgan fingerprint density at radius 2 is 1.46 bits per heavy atom. The monoisotopic (exact) mass is 1000 g/mol. The van der Waals surface area contributed by atoms with Crippen LogP contribution in [-0.2, 0) is 51.2 Å². The fraction of sp³-hybridized carbons (Fsp3) is 0.609. The minimum absolute atomic E-state index is 0.0367. The van der Waals surface area contributed by atoms with Crippen molar-refractivity contribution >= 4 is 65.0 Å². The number of nitrogens with zero attached hydrogens (tertiary/aromatic N) is 3. The predicted octanol–water partition coefficient (Wildman–Crippen LogP) is -0.869. The van der Waals surface area contributed by atoms with Gasteiger partial charge in [0.05, 0.1) is 12.4 Å². The van der Waals surface area contributed by atoms with Gasteiger partial charge < -0.3 is 69.2 Å². The highest BCUT2D eigenvalue weighted by Crippen LogP contribution is 2.21. The molecule has 7 amide bonds. The van der Waals surface area contributed by atoms with Crippen LogP contribution in [0.15, 0.2) is 41.8 Å². The van der Waals surface area contributed by atoms with Gasteiger partial charge in [0.2, 0.25) is 41.4 Å². The quantitative estimate of drug-likeness (QED) is 0.0268. The van der Waals surface area contributed by atoms with Crippen LogP contribution in [0.3, 0.4) is 0 Å². The molecule has 0 radical (unpaired) electrons. The van der Waals surface area contributed by atoms with Crippen LogP contribution in [0.1, 0.15) is 91.3 Å². The highest BCUT2D eigenvalue weighted by atomic mass is 32.2. The topological polar surface area (TPSA) is 372 Å². The fourth-order valence-electron chi connectivity index (χ4n) is 7.56. The number of phenols is 1. The molecule has 70 heavy (non-hydrogen) atoms. The van der Waals surface area contributed by atoms with Crippen LogP contribution in [0.4, 0.5) is 0 Å². The highest BCUT2D eigenvalue weighted by molar-refractivity contribution is 7.99. The minimum atomic E-state index is -1.36. The first-order valence-electron chi connectivity index (χ1n) is 23.6. The van der Waals surface area contributed by atoms with Crippen molar-refractivity contribution in [2.45, 2.75) is 141 Å². The SMILES string of the molecule is CCCSC[C@H](NC(=O)[C@H](Cc1ccc(O)cc1)NC(=O)[C@@H](NC(=O)[C@H](CCCN=C(N)N)NC(=O)[C@@H](C)N)C(C)C)C(=O)N[C@@H](Cc1cnc[nH]1)C(=O)N1CCC[C@H]1C(=O)N[C@@H](CC(C)C)C(=O)O. The lowest BCUT2D eigenvalue weighted by molar-refractivity contribution is -0.145. The molecule has 23 nitrogen and oxygen atoms in total. The molecular weight excluding hydrogens is 927 g/mol. The summed E-state index contributed by atoms with van der Waals surface area (Å²) in [6.07, 6.45) is 4.70. The van der Waals surface area contributed by atoms with Gasteiger partial charge in [-0.25, -0.2) is 9.78 Å². The zero-order valence-corrected chi connectivity index (χ0v) is 41.7. The number of thioether (sulfide) groups is 1. The number of H-pyrrole nitrogens is 1. The van der Waals surface area contributed by atoms with Crippen LogP contribution < -0.4 is 49.1 Å². The second kappa shape index (κ2) is 28.9. The van der Waals surface area contributed by atoms with Crippen molar-refractivity contribution in [1.29, 1.82) is 0 Å². The maximum Gasteiger partial charge on any atom is 0.326 e. The summed E-state index contributed by atoms with van der Waals surface area (Å²) in [5.74, 6) is -6.11. The van der Waals surface area contributed by atoms with Gasteiger partial charge >= 0.3 is 5.97 Å². The van der Waals surface area contributed by atoms with E-state index in [2.05, 4.69) is 46.9 Å². The molecule has 3 rings (SSSR count). The van der Waals surface area contributed by atoms with Crippen molar-refractivity contribution in [2.24, 2.45) is 34.0 Å². The van der Waals surface area contributed by atoms with Gasteiger partial charge in [-0.2, -0.15) is 11.8 Å². The molecule has 1 aliphatic rings. The molecule has 24 heteroatoms. The molecular formula is C46H73N13O10S. The Labute approximate surface area is 412 Å². The lowest BCUT2D eigenvalue weighted by Crippen LogP contribution is -2.61. The van der Waals surface area contributed by atoms with Crippen molar-refractivity contribution in [1.82, 2.24) is 46.8 Å². The van der Waals surface area contributed by atoms with E-state index in [9.17, 15) is 48.6 Å². The molecule has 0 aliphatic carbocycles. The van der Waals surface area contributed by atoms with Crippen molar-refractivity contribution in [2.75, 3.05) is 24.6 Å². The second-order valence-corrected chi connectivity index (χ2v) is 19.3. The molecule has 1 aromatic carbocycles. The van der Waals surface area contributed by atoms with Gasteiger partial charge in [-0.3, -0.25) is 38.6 Å². The van der Waals surface area contributed by atoms with Crippen molar-refractivity contribution in [3.63, 3.8) is 0 Å². The Bertz CT molecular complexity index is 2080. The maximum absolute atomic E-state index is 14.5. The maximum atomic E-state index is 14.5. The Hall–Kier alpha value is -6.43. The molecule has 0 spiro atoms. The number of aliphatic imine (C=N–C) groups is 1. The molecule has 1 saturated heterocycles. The third-order valence-corrected chi connectivity index (χ3v) is 12.5. The number of guanidine groups is 1. The number of aliphatic carboxylic acids is 1. The molecule has 1 aliphatic heterocycles. The summed E-state index contributed by atoms with van der Waals surface area (Å²) in [6.45, 7) is 10.7. The fourth-order valence-corrected chi connectivity index (χ4v) is 8.48. The van der Waals surface area contributed by atoms with Gasteiger partial charge in [0, 0.05) is 43.6 Å². The number of rotatable bonds is 29. The van der Waals surface area contributed by atoms with Crippen LogP contribution in [-0.4, -0.2) is 151 Å². The lowest BCUT2D eigenvalue weighted by Gasteiger charge is -2.31. The van der Waals surface area contributed by atoms with Gasteiger partial charge in [-0.05, 0) is 80.7 Å². The van der Waals surface area contributed by atoms with Gasteiger partial charge in [0.15, 0.2) is 5.96 Å². The van der Waals surface area contributed by atoms with Crippen LogP contribution in [0, 0.1) is 11.8 Å². The number of nitrogens with one attached hydrogen (secondary N) is 7. The number of carbonyl (C=O) groups excluding carboxylic acids is 7. The number of carboxylic acids is 1. The van der Waals surface area contributed by atoms with Gasteiger partial charge in [0.1, 0.15) is 48.0 Å². The molecule has 2 heterocycles. The number of benzene rings is 1. The molecule has 0 saturated carbocycles. The summed E-state index contributed by atoms with van der Waals surface area (Å²) in [7, 11) is 0. The number of hydrogen-bond acceptors (Lipinski definition) is 13. The Morgan fingerprint density at radius 3 is 2.04 bits per heavy atom. The zero-order valence-electron chi connectivity index (χ0n) is 40.9. The molecule has 0 unspecified atom stereocenters. The van der Waals surface area contributed by atoms with Gasteiger partial charge in [-0.1, -0.05) is 46.8 Å². The van der Waals surface area contributed by atoms with Gasteiger partial charge in [0.25, 0.3) is 0 Å². The van der Waals surface area contributed by atoms with E-state index < -0.39 is 102 Å². The Balaban J connectivity index is 1.93. The summed E-state index contributed by atoms with van der Waals surface area (Å²) >= 11 is 1.37. The number of imidazole rings is 1. The number of phenolic OH excluding ortho intramolecular Hbond substituents is 1. The third kappa shape index (κ3) is 19.2. The first-order valence-corrected chi connectivity index (χ1v) is 24.8. The van der Waals surface area contributed by atoms with Crippen molar-refractivity contribution in [3.05, 3.63) is 48.0 Å². The molecule has 0 bridgehead atoms. The summed E-state index contributed by atoms with van der Waals surface area (Å²) in [4.78, 5) is 122. The summed E-state index contributed by atoms with van der Waals surface area (Å²) in [5, 5.41) is 36.0. The number of aromatic hydroxyl groups is 1. The average molecular weight is 1000 g/mol. The Morgan fingerprint density at radius 1 is 0.829 bits per heavy atom. The molecule has 15 N–H and O–H groups in total. The first-order chi connectivity index (χ1) is 33.1. The number of aromatic amines is 1. The summed E-state index contributed by atoms with van der Waals surface area (Å²) in [5.41, 5.74) is 17.6. The van der Waals surface area contributed by atoms with Crippen LogP contribution >= 0.6 is 11.8 Å². The first kappa shape index (κ1) is 57.9. The van der Waals surface area contributed by atoms with Crippen LogP contribution in [0.25, 0.3) is 0 Å². The van der Waals surface area contributed by atoms with E-state index >= 15 is 0 Å². The minimum Gasteiger partial charge on any atom is -0.508 e. The van der Waals surface area contributed by atoms with E-state index in [4.69, 9.17) is 17.2 Å². The summed E-state index contributed by atoms with van der Waals surface area (Å²) in [6, 6.07) is -3.43. The number of carboxylic acid groups (broad SMARTS) is 1. The van der Waals surface area contributed by atoms with E-state index in [0.29, 0.717) is 23.4 Å². The molecule has 388 valence electrons. The average Bonchev–Trinajstić information content (AvgIpc) is 4.01. The molecule has 8 atom stereocenters. The third-order valence-electron chi connectivity index (χ3n) is 11.3. The van der Waals surface area contributed by atoms with Crippen molar-refractivity contribution in [3.8, 4) is 5.75 Å². The van der Waals surface area contributed by atoms with E-state index in [0.717, 1.165) is 6.42 Å².